The normalized spacial score (nSPS) is 8.21. The third-order valence-electron chi connectivity index (χ3n) is 1.30. The van der Waals surface area contributed by atoms with E-state index in [4.69, 9.17) is 15.6 Å². The molecule has 0 spiro atoms. The predicted octanol–water partition coefficient (Wildman–Crippen LogP) is 0.276. The first-order valence-corrected chi connectivity index (χ1v) is 4.04. The Kier molecular flexibility index (Phi) is 6.75. The van der Waals surface area contributed by atoms with Crippen molar-refractivity contribution >= 4 is 5.97 Å². The zero-order valence-electron chi connectivity index (χ0n) is 7.56. The van der Waals surface area contributed by atoms with Crippen molar-refractivity contribution in [1.82, 2.24) is 0 Å². The quantitative estimate of drug-likeness (QED) is 0.293. The van der Waals surface area contributed by atoms with Crippen molar-refractivity contribution < 1.29 is 14.6 Å². The molecule has 0 bridgehead atoms. The number of hydrogen-bond donors (Lipinski definition) is 1. The highest BCUT2D eigenvalue weighted by atomic mass is 16.5. The van der Waals surface area contributed by atoms with Crippen molar-refractivity contribution in [2.75, 3.05) is 13.2 Å². The molecule has 0 saturated carbocycles. The van der Waals surface area contributed by atoms with Gasteiger partial charge in [-0.05, 0) is 12.8 Å². The molecule has 0 atom stereocenters. The highest BCUT2D eigenvalue weighted by Gasteiger charge is 2.00. The van der Waals surface area contributed by atoms with Gasteiger partial charge in [-0.2, -0.15) is 10.5 Å². The summed E-state index contributed by atoms with van der Waals surface area (Å²) in [4.78, 5) is 10.9. The van der Waals surface area contributed by atoms with E-state index in [0.29, 0.717) is 12.8 Å². The van der Waals surface area contributed by atoms with E-state index in [2.05, 4.69) is 4.74 Å². The van der Waals surface area contributed by atoms with E-state index < -0.39 is 5.97 Å². The number of aliphatic hydroxyl groups excluding tert-OH is 1. The summed E-state index contributed by atoms with van der Waals surface area (Å²) in [6.45, 7) is 0.231. The Labute approximate surface area is 81.8 Å². The van der Waals surface area contributed by atoms with Gasteiger partial charge in [0.15, 0.2) is 0 Å². The lowest BCUT2D eigenvalue weighted by atomic mass is 10.3. The highest BCUT2D eigenvalue weighted by molar-refractivity contribution is 5.84. The topological polar surface area (TPSA) is 94.1 Å². The maximum absolute atomic E-state index is 10.9. The van der Waals surface area contributed by atoms with Gasteiger partial charge in [0.1, 0.15) is 17.7 Å². The molecule has 0 fully saturated rings. The molecule has 0 unspecified atom stereocenters. The Morgan fingerprint density at radius 1 is 1.36 bits per heavy atom. The molecule has 0 aromatic heterocycles. The first-order chi connectivity index (χ1) is 6.74. The van der Waals surface area contributed by atoms with Crippen LogP contribution < -0.4 is 0 Å². The van der Waals surface area contributed by atoms with Crippen molar-refractivity contribution in [3.8, 4) is 12.1 Å². The first kappa shape index (κ1) is 12.2. The molecule has 0 rings (SSSR count). The van der Waals surface area contributed by atoms with Crippen molar-refractivity contribution in [2.45, 2.75) is 12.8 Å². The smallest absolute Gasteiger partial charge is 0.332 e. The summed E-state index contributed by atoms with van der Waals surface area (Å²) in [5.41, 5.74) is -0.280. The van der Waals surface area contributed by atoms with Crippen LogP contribution in [0.15, 0.2) is 11.6 Å². The number of rotatable bonds is 5. The van der Waals surface area contributed by atoms with Gasteiger partial charge < -0.3 is 9.84 Å². The molecule has 1 N–H and O–H groups in total. The fourth-order valence-corrected chi connectivity index (χ4v) is 0.636. The summed E-state index contributed by atoms with van der Waals surface area (Å²) in [5.74, 6) is -0.707. The van der Waals surface area contributed by atoms with Crippen LogP contribution in [-0.4, -0.2) is 24.3 Å². The van der Waals surface area contributed by atoms with Crippen LogP contribution in [0.25, 0.3) is 0 Å². The highest BCUT2D eigenvalue weighted by Crippen LogP contribution is 1.94. The van der Waals surface area contributed by atoms with E-state index >= 15 is 0 Å². The standard InChI is InChI=1S/C9H10N2O3/c10-6-8(7-11)5-9(13)14-4-2-1-3-12/h5,12H,1-4H2. The maximum atomic E-state index is 10.9. The van der Waals surface area contributed by atoms with Gasteiger partial charge in [0.2, 0.25) is 0 Å². The molecule has 0 aromatic rings. The molecule has 74 valence electrons. The second kappa shape index (κ2) is 7.78. The third kappa shape index (κ3) is 5.76. The molecule has 0 aromatic carbocycles. The molecule has 0 amide bonds. The fraction of sp³-hybridized carbons (Fsp3) is 0.444. The fourth-order valence-electron chi connectivity index (χ4n) is 0.636. The zero-order valence-corrected chi connectivity index (χ0v) is 7.56. The van der Waals surface area contributed by atoms with Gasteiger partial charge in [-0.25, -0.2) is 4.79 Å². The van der Waals surface area contributed by atoms with Crippen LogP contribution in [0.2, 0.25) is 0 Å². The van der Waals surface area contributed by atoms with E-state index in [1.165, 1.54) is 0 Å². The molecule has 0 radical (unpaired) electrons. The summed E-state index contributed by atoms with van der Waals surface area (Å²) in [6, 6.07) is 3.09. The summed E-state index contributed by atoms with van der Waals surface area (Å²) < 4.78 is 4.65. The Morgan fingerprint density at radius 3 is 2.50 bits per heavy atom. The number of carbonyl (C=O) groups is 1. The Bertz CT molecular complexity index is 280. The van der Waals surface area contributed by atoms with Crippen LogP contribution >= 0.6 is 0 Å². The average Bonchev–Trinajstić information content (AvgIpc) is 2.21. The van der Waals surface area contributed by atoms with E-state index in [1.54, 1.807) is 12.1 Å². The lowest BCUT2D eigenvalue weighted by molar-refractivity contribution is -0.137. The van der Waals surface area contributed by atoms with Crippen molar-refractivity contribution in [1.29, 1.82) is 10.5 Å². The minimum Gasteiger partial charge on any atom is -0.462 e. The van der Waals surface area contributed by atoms with E-state index in [-0.39, 0.29) is 18.8 Å². The van der Waals surface area contributed by atoms with Crippen LogP contribution in [0.1, 0.15) is 12.8 Å². The minimum absolute atomic E-state index is 0.0506. The summed E-state index contributed by atoms with van der Waals surface area (Å²) in [5, 5.41) is 25.0. The lowest BCUT2D eigenvalue weighted by Crippen LogP contribution is -2.03. The molecule has 5 heteroatoms. The van der Waals surface area contributed by atoms with Gasteiger partial charge in [0, 0.05) is 6.61 Å². The summed E-state index contributed by atoms with van der Waals surface area (Å²) in [6.07, 6.45) is 1.96. The van der Waals surface area contributed by atoms with Gasteiger partial charge in [0.25, 0.3) is 0 Å². The molecular weight excluding hydrogens is 184 g/mol. The number of carbonyl (C=O) groups excluding carboxylic acids is 1. The number of allylic oxidation sites excluding steroid dienone is 1. The number of aliphatic hydroxyl groups is 1. The third-order valence-corrected chi connectivity index (χ3v) is 1.30. The van der Waals surface area contributed by atoms with Crippen LogP contribution in [0.5, 0.6) is 0 Å². The van der Waals surface area contributed by atoms with Crippen LogP contribution in [0, 0.1) is 22.7 Å². The first-order valence-electron chi connectivity index (χ1n) is 4.04. The molecule has 14 heavy (non-hydrogen) atoms. The Hall–Kier alpha value is -1.85. The number of hydrogen-bond acceptors (Lipinski definition) is 5. The van der Waals surface area contributed by atoms with Gasteiger partial charge >= 0.3 is 5.97 Å². The maximum Gasteiger partial charge on any atom is 0.332 e. The number of esters is 1. The molecule has 5 nitrogen and oxygen atoms in total. The lowest BCUT2D eigenvalue weighted by Gasteiger charge is -1.99. The molecule has 0 aliphatic carbocycles. The van der Waals surface area contributed by atoms with Crippen LogP contribution in [-0.2, 0) is 9.53 Å². The molecule has 0 heterocycles. The van der Waals surface area contributed by atoms with Gasteiger partial charge in [-0.1, -0.05) is 0 Å². The number of ether oxygens (including phenoxy) is 1. The Morgan fingerprint density at radius 2 is 2.00 bits per heavy atom. The van der Waals surface area contributed by atoms with Crippen LogP contribution in [0.3, 0.4) is 0 Å². The largest absolute Gasteiger partial charge is 0.462 e. The second-order valence-electron chi connectivity index (χ2n) is 2.38. The molecule has 0 aliphatic heterocycles. The number of nitrogens with zero attached hydrogens (tertiary/aromatic N) is 2. The van der Waals surface area contributed by atoms with Crippen LogP contribution in [0.4, 0.5) is 0 Å². The predicted molar refractivity (Wildman–Crippen MR) is 46.6 cm³/mol. The van der Waals surface area contributed by atoms with Gasteiger partial charge in [-0.3, -0.25) is 0 Å². The van der Waals surface area contributed by atoms with E-state index in [9.17, 15) is 4.79 Å². The summed E-state index contributed by atoms with van der Waals surface area (Å²) in [7, 11) is 0. The number of nitriles is 2. The van der Waals surface area contributed by atoms with E-state index in [0.717, 1.165) is 6.08 Å². The van der Waals surface area contributed by atoms with Crippen molar-refractivity contribution in [2.24, 2.45) is 0 Å². The van der Waals surface area contributed by atoms with Gasteiger partial charge in [0.05, 0.1) is 12.7 Å². The minimum atomic E-state index is -0.707. The molecule has 0 aliphatic rings. The molecular formula is C9H10N2O3. The SMILES string of the molecule is N#CC(C#N)=CC(=O)OCCCCO. The zero-order chi connectivity index (χ0) is 10.8. The Balaban J connectivity index is 3.83. The molecule has 0 saturated heterocycles. The van der Waals surface area contributed by atoms with Crippen molar-refractivity contribution in [3.63, 3.8) is 0 Å². The monoisotopic (exact) mass is 194 g/mol. The number of unbranched alkanes of at least 4 members (excludes halogenated alkanes) is 1. The van der Waals surface area contributed by atoms with E-state index in [1.807, 2.05) is 0 Å². The second-order valence-corrected chi connectivity index (χ2v) is 2.38. The van der Waals surface area contributed by atoms with Crippen molar-refractivity contribution in [3.05, 3.63) is 11.6 Å². The average molecular weight is 194 g/mol. The van der Waals surface area contributed by atoms with Gasteiger partial charge in [-0.15, -0.1) is 0 Å². The summed E-state index contributed by atoms with van der Waals surface area (Å²) >= 11 is 0.